The molecule has 7 atom stereocenters. The highest BCUT2D eigenvalue weighted by Gasteiger charge is 2.40. The molecule has 7 unspecified atom stereocenters. The van der Waals surface area contributed by atoms with Crippen LogP contribution >= 0.6 is 7.82 Å². The Morgan fingerprint density at radius 2 is 2.00 bits per heavy atom. The van der Waals surface area contributed by atoms with Crippen LogP contribution < -0.4 is 5.73 Å². The lowest BCUT2D eigenvalue weighted by Crippen LogP contribution is -2.45. The molecule has 0 aromatic heterocycles. The number of rotatable bonds is 18. The summed E-state index contributed by atoms with van der Waals surface area (Å²) < 4.78 is 27.8. The lowest BCUT2D eigenvalue weighted by atomic mass is 9.86. The summed E-state index contributed by atoms with van der Waals surface area (Å²) >= 11 is 0. The lowest BCUT2D eigenvalue weighted by molar-refractivity contribution is -0.151. The van der Waals surface area contributed by atoms with Gasteiger partial charge in [-0.3, -0.25) is 9.32 Å². The van der Waals surface area contributed by atoms with Crippen LogP contribution in [0.15, 0.2) is 48.6 Å². The van der Waals surface area contributed by atoms with Crippen molar-refractivity contribution >= 4 is 19.8 Å². The third-order valence-corrected chi connectivity index (χ3v) is 8.51. The molecule has 12 heteroatoms. The highest BCUT2D eigenvalue weighted by Crippen LogP contribution is 2.42. The van der Waals surface area contributed by atoms with E-state index in [1.165, 1.54) is 24.3 Å². The van der Waals surface area contributed by atoms with Gasteiger partial charge in [0.2, 0.25) is 0 Å². The number of carbonyl (C=O) groups is 2. The topological polar surface area (TPSA) is 186 Å². The van der Waals surface area contributed by atoms with Crippen LogP contribution in [-0.2, 0) is 28.2 Å². The first-order chi connectivity index (χ1) is 20.7. The first kappa shape index (κ1) is 38.1. The van der Waals surface area contributed by atoms with Crippen molar-refractivity contribution in [2.75, 3.05) is 6.54 Å². The molecule has 1 heterocycles. The maximum Gasteiger partial charge on any atom is 0.469 e. The van der Waals surface area contributed by atoms with Gasteiger partial charge in [0.1, 0.15) is 23.9 Å². The van der Waals surface area contributed by atoms with E-state index in [4.69, 9.17) is 19.7 Å². The summed E-state index contributed by atoms with van der Waals surface area (Å²) in [5.74, 6) is -0.0706. The summed E-state index contributed by atoms with van der Waals surface area (Å²) in [5.41, 5.74) is 3.74. The van der Waals surface area contributed by atoms with Gasteiger partial charge in [-0.2, -0.15) is 0 Å². The molecule has 0 amide bonds. The SMILES string of the molecule is CCC1C=CC(=O)OC1/C=C/C(O)(CCN)C(CC(O)/C=C/C=C/C1CCCC(OC(=O)CCCC(C)C)C1)OP(=O)(O)O. The van der Waals surface area contributed by atoms with Crippen LogP contribution in [0.1, 0.15) is 85.0 Å². The summed E-state index contributed by atoms with van der Waals surface area (Å²) in [6, 6.07) is 0. The molecule has 2 aliphatic rings. The molecule has 6 N–H and O–H groups in total. The van der Waals surface area contributed by atoms with E-state index in [9.17, 15) is 34.2 Å². The van der Waals surface area contributed by atoms with Crippen LogP contribution in [-0.4, -0.2) is 68.5 Å². The fourth-order valence-corrected chi connectivity index (χ4v) is 6.15. The Labute approximate surface area is 261 Å². The smallest absolute Gasteiger partial charge is 0.462 e. The third kappa shape index (κ3) is 14.3. The van der Waals surface area contributed by atoms with Crippen molar-refractivity contribution in [3.63, 3.8) is 0 Å². The van der Waals surface area contributed by atoms with E-state index in [0.717, 1.165) is 38.5 Å². The van der Waals surface area contributed by atoms with Gasteiger partial charge in [-0.25, -0.2) is 9.36 Å². The molecule has 0 aromatic carbocycles. The molecule has 0 radical (unpaired) electrons. The van der Waals surface area contributed by atoms with Gasteiger partial charge in [-0.15, -0.1) is 0 Å². The largest absolute Gasteiger partial charge is 0.469 e. The van der Waals surface area contributed by atoms with E-state index in [-0.39, 0.29) is 43.3 Å². The van der Waals surface area contributed by atoms with E-state index < -0.39 is 37.7 Å². The zero-order chi connectivity index (χ0) is 32.8. The fourth-order valence-electron chi connectivity index (χ4n) is 5.55. The van der Waals surface area contributed by atoms with Crippen LogP contribution in [0, 0.1) is 17.8 Å². The number of nitrogens with two attached hydrogens (primary N) is 1. The van der Waals surface area contributed by atoms with Gasteiger partial charge in [-0.05, 0) is 69.4 Å². The summed E-state index contributed by atoms with van der Waals surface area (Å²) in [6.45, 7) is 6.12. The van der Waals surface area contributed by atoms with Gasteiger partial charge in [0.05, 0.1) is 6.10 Å². The maximum absolute atomic E-state index is 12.2. The molecule has 0 spiro atoms. The van der Waals surface area contributed by atoms with E-state index in [2.05, 4.69) is 13.8 Å². The average molecular weight is 642 g/mol. The summed E-state index contributed by atoms with van der Waals surface area (Å²) in [5, 5.41) is 22.2. The van der Waals surface area contributed by atoms with Crippen molar-refractivity contribution in [2.24, 2.45) is 23.5 Å². The van der Waals surface area contributed by atoms with Crippen molar-refractivity contribution in [1.82, 2.24) is 0 Å². The number of esters is 2. The Morgan fingerprint density at radius 3 is 2.66 bits per heavy atom. The second-order valence-corrected chi connectivity index (χ2v) is 13.4. The molecule has 250 valence electrons. The highest BCUT2D eigenvalue weighted by molar-refractivity contribution is 7.46. The van der Waals surface area contributed by atoms with Crippen molar-refractivity contribution in [3.05, 3.63) is 48.6 Å². The normalized spacial score (nSPS) is 25.9. The van der Waals surface area contributed by atoms with Gasteiger partial charge in [0.25, 0.3) is 0 Å². The Balaban J connectivity index is 2.03. The highest BCUT2D eigenvalue weighted by atomic mass is 31.2. The molecule has 1 saturated carbocycles. The lowest BCUT2D eigenvalue weighted by Gasteiger charge is -2.35. The molecule has 2 rings (SSSR count). The van der Waals surface area contributed by atoms with Crippen LogP contribution in [0.2, 0.25) is 0 Å². The number of hydrogen-bond donors (Lipinski definition) is 5. The Morgan fingerprint density at radius 1 is 1.25 bits per heavy atom. The molecule has 44 heavy (non-hydrogen) atoms. The summed E-state index contributed by atoms with van der Waals surface area (Å²) in [7, 11) is -5.08. The minimum atomic E-state index is -5.08. The number of allylic oxidation sites excluding steroid dienone is 3. The van der Waals surface area contributed by atoms with Crippen LogP contribution in [0.3, 0.4) is 0 Å². The first-order valence-corrected chi connectivity index (χ1v) is 17.2. The first-order valence-electron chi connectivity index (χ1n) is 15.7. The summed E-state index contributed by atoms with van der Waals surface area (Å²) in [6.07, 6.45) is 14.9. The van der Waals surface area contributed by atoms with Crippen molar-refractivity contribution in [3.8, 4) is 0 Å². The monoisotopic (exact) mass is 641 g/mol. The molecule has 0 saturated heterocycles. The van der Waals surface area contributed by atoms with Gasteiger partial charge >= 0.3 is 19.8 Å². The predicted octanol–water partition coefficient (Wildman–Crippen LogP) is 4.40. The number of hydrogen-bond acceptors (Lipinski definition) is 9. The van der Waals surface area contributed by atoms with Crippen LogP contribution in [0.25, 0.3) is 0 Å². The quantitative estimate of drug-likeness (QED) is 0.0618. The number of aliphatic hydroxyl groups excluding tert-OH is 1. The molecule has 1 aliphatic heterocycles. The van der Waals surface area contributed by atoms with Crippen molar-refractivity contribution in [2.45, 2.75) is 115 Å². The Bertz CT molecular complexity index is 1070. The molecule has 11 nitrogen and oxygen atoms in total. The second-order valence-electron chi connectivity index (χ2n) is 12.2. The van der Waals surface area contributed by atoms with E-state index >= 15 is 0 Å². The zero-order valence-corrected chi connectivity index (χ0v) is 27.1. The number of carbonyl (C=O) groups excluding carboxylic acids is 2. The molecule has 0 bridgehead atoms. The molecular formula is C32H52NO10P. The molecular weight excluding hydrogens is 589 g/mol. The van der Waals surface area contributed by atoms with E-state index in [0.29, 0.717) is 18.8 Å². The van der Waals surface area contributed by atoms with E-state index in [1.807, 2.05) is 13.0 Å². The van der Waals surface area contributed by atoms with Gasteiger partial charge in [0.15, 0.2) is 0 Å². The van der Waals surface area contributed by atoms with E-state index in [1.54, 1.807) is 18.2 Å². The average Bonchev–Trinajstić information content (AvgIpc) is 2.93. The van der Waals surface area contributed by atoms with Gasteiger partial charge in [0, 0.05) is 24.8 Å². The third-order valence-electron chi connectivity index (χ3n) is 7.98. The number of ether oxygens (including phenoxy) is 2. The van der Waals surface area contributed by atoms with Crippen LogP contribution in [0.4, 0.5) is 0 Å². The van der Waals surface area contributed by atoms with Crippen molar-refractivity contribution in [1.29, 1.82) is 0 Å². The number of phosphoric acid groups is 1. The van der Waals surface area contributed by atoms with Crippen LogP contribution in [0.5, 0.6) is 0 Å². The van der Waals surface area contributed by atoms with Gasteiger partial charge < -0.3 is 35.2 Å². The number of cyclic esters (lactones) is 1. The Kier molecular flexibility index (Phi) is 16.2. The number of aliphatic hydroxyl groups is 2. The molecule has 1 aliphatic carbocycles. The Hall–Kier alpha value is -2.11. The fraction of sp³-hybridized carbons (Fsp3) is 0.688. The second kappa shape index (κ2) is 18.8. The summed E-state index contributed by atoms with van der Waals surface area (Å²) in [4.78, 5) is 43.1. The van der Waals surface area contributed by atoms with Crippen molar-refractivity contribution < 1.29 is 48.2 Å². The predicted molar refractivity (Wildman–Crippen MR) is 167 cm³/mol. The molecule has 1 fully saturated rings. The molecule has 0 aromatic rings. The standard InChI is InChI=1S/C32H52NO10P/c1-4-25-15-16-31(36)42-28(25)17-18-32(37,19-20-33)29(43-44(38,39)40)22-26(34)12-6-5-10-24-11-8-13-27(21-24)41-30(35)14-7-9-23(2)3/h5-6,10,12,15-18,23-29,34,37H,4,7-9,11,13-14,19-22,33H2,1-3H3,(H2,38,39,40)/b10-5+,12-6+,18-17+. The zero-order valence-electron chi connectivity index (χ0n) is 26.2. The maximum atomic E-state index is 12.2. The minimum Gasteiger partial charge on any atom is -0.462 e. The van der Waals surface area contributed by atoms with Gasteiger partial charge in [-0.1, -0.05) is 63.6 Å². The number of phosphoric ester groups is 1. The minimum absolute atomic E-state index is 0.0479.